The van der Waals surface area contributed by atoms with E-state index in [0.717, 1.165) is 12.0 Å². The number of hydrogen-bond acceptors (Lipinski definition) is 2. The molecular weight excluding hydrogens is 282 g/mol. The van der Waals surface area contributed by atoms with E-state index in [2.05, 4.69) is 18.6 Å². The second-order valence-electron chi connectivity index (χ2n) is 5.35. The van der Waals surface area contributed by atoms with Crippen molar-refractivity contribution in [2.45, 2.75) is 38.0 Å². The minimum Gasteiger partial charge on any atom is -0.280 e. The summed E-state index contributed by atoms with van der Waals surface area (Å²) < 4.78 is 27.2. The van der Waals surface area contributed by atoms with Gasteiger partial charge in [-0.25, -0.2) is 8.42 Å². The van der Waals surface area contributed by atoms with Gasteiger partial charge in [-0.15, -0.1) is 0 Å². The Hall–Kier alpha value is -1.81. The van der Waals surface area contributed by atoms with E-state index in [1.165, 1.54) is 5.56 Å². The first-order chi connectivity index (χ1) is 9.92. The van der Waals surface area contributed by atoms with Crippen LogP contribution in [0, 0.1) is 6.92 Å². The Morgan fingerprint density at radius 2 is 1.57 bits per heavy atom. The highest BCUT2D eigenvalue weighted by atomic mass is 32.2. The maximum atomic E-state index is 12.3. The summed E-state index contributed by atoms with van der Waals surface area (Å²) in [7, 11) is -3.52. The SMILES string of the molecule is CCC(C)c1ccc(NS(=O)(=O)c2ccc(C)cc2)cc1. The van der Waals surface area contributed by atoms with Crippen molar-refractivity contribution < 1.29 is 8.42 Å². The lowest BCUT2D eigenvalue weighted by atomic mass is 9.99. The van der Waals surface area contributed by atoms with Gasteiger partial charge in [-0.2, -0.15) is 0 Å². The minimum atomic E-state index is -3.52. The fraction of sp³-hybridized carbons (Fsp3) is 0.294. The molecule has 0 saturated heterocycles. The van der Waals surface area contributed by atoms with Gasteiger partial charge in [-0.1, -0.05) is 43.7 Å². The van der Waals surface area contributed by atoms with Crippen molar-refractivity contribution in [3.8, 4) is 0 Å². The van der Waals surface area contributed by atoms with Crippen LogP contribution in [0.4, 0.5) is 5.69 Å². The Kier molecular flexibility index (Phi) is 4.68. The third-order valence-electron chi connectivity index (χ3n) is 3.68. The highest BCUT2D eigenvalue weighted by Crippen LogP contribution is 2.22. The first-order valence-corrected chi connectivity index (χ1v) is 8.60. The molecule has 0 heterocycles. The second-order valence-corrected chi connectivity index (χ2v) is 7.03. The zero-order valence-corrected chi connectivity index (χ0v) is 13.4. The lowest BCUT2D eigenvalue weighted by molar-refractivity contribution is 0.601. The van der Waals surface area contributed by atoms with Crippen LogP contribution >= 0.6 is 0 Å². The normalized spacial score (nSPS) is 12.9. The van der Waals surface area contributed by atoms with Crippen LogP contribution in [0.25, 0.3) is 0 Å². The number of aryl methyl sites for hydroxylation is 1. The van der Waals surface area contributed by atoms with E-state index in [4.69, 9.17) is 0 Å². The third kappa shape index (κ3) is 3.85. The Bertz CT molecular complexity index is 689. The largest absolute Gasteiger partial charge is 0.280 e. The van der Waals surface area contributed by atoms with Gasteiger partial charge >= 0.3 is 0 Å². The quantitative estimate of drug-likeness (QED) is 0.894. The van der Waals surface area contributed by atoms with Gasteiger partial charge in [0.15, 0.2) is 0 Å². The minimum absolute atomic E-state index is 0.277. The van der Waals surface area contributed by atoms with Gasteiger partial charge < -0.3 is 0 Å². The van der Waals surface area contributed by atoms with Crippen molar-refractivity contribution in [3.05, 3.63) is 59.7 Å². The van der Waals surface area contributed by atoms with Gasteiger partial charge in [0.25, 0.3) is 10.0 Å². The number of rotatable bonds is 5. The molecule has 1 N–H and O–H groups in total. The summed E-state index contributed by atoms with van der Waals surface area (Å²) in [6.45, 7) is 6.22. The molecule has 0 bridgehead atoms. The van der Waals surface area contributed by atoms with E-state index in [9.17, 15) is 8.42 Å². The summed E-state index contributed by atoms with van der Waals surface area (Å²) >= 11 is 0. The third-order valence-corrected chi connectivity index (χ3v) is 5.07. The Morgan fingerprint density at radius 3 is 2.10 bits per heavy atom. The maximum Gasteiger partial charge on any atom is 0.261 e. The van der Waals surface area contributed by atoms with Crippen LogP contribution in [0.15, 0.2) is 53.4 Å². The second kappa shape index (κ2) is 6.31. The zero-order chi connectivity index (χ0) is 15.5. The van der Waals surface area contributed by atoms with Gasteiger partial charge in [0.1, 0.15) is 0 Å². The lowest BCUT2D eigenvalue weighted by Gasteiger charge is -2.11. The van der Waals surface area contributed by atoms with Crippen molar-refractivity contribution in [3.63, 3.8) is 0 Å². The smallest absolute Gasteiger partial charge is 0.261 e. The summed E-state index contributed by atoms with van der Waals surface area (Å²) in [5, 5.41) is 0. The van der Waals surface area contributed by atoms with E-state index >= 15 is 0 Å². The van der Waals surface area contributed by atoms with E-state index in [1.807, 2.05) is 31.2 Å². The fourth-order valence-electron chi connectivity index (χ4n) is 2.05. The summed E-state index contributed by atoms with van der Waals surface area (Å²) in [5.74, 6) is 0.479. The molecule has 0 saturated carbocycles. The van der Waals surface area contributed by atoms with Crippen molar-refractivity contribution in [2.75, 3.05) is 4.72 Å². The molecule has 4 heteroatoms. The predicted octanol–water partition coefficient (Wildman–Crippen LogP) is 4.31. The van der Waals surface area contributed by atoms with Gasteiger partial charge in [-0.05, 0) is 49.1 Å². The average molecular weight is 303 g/mol. The molecule has 1 atom stereocenters. The predicted molar refractivity (Wildman–Crippen MR) is 87.1 cm³/mol. The topological polar surface area (TPSA) is 46.2 Å². The summed E-state index contributed by atoms with van der Waals surface area (Å²) in [6.07, 6.45) is 1.06. The standard InChI is InChI=1S/C17H21NO2S/c1-4-14(3)15-7-9-16(10-8-15)18-21(19,20)17-11-5-13(2)6-12-17/h5-12,14,18H,4H2,1-3H3. The monoisotopic (exact) mass is 303 g/mol. The van der Waals surface area contributed by atoms with Gasteiger partial charge in [0, 0.05) is 5.69 Å². The molecule has 0 aliphatic rings. The molecule has 0 spiro atoms. The van der Waals surface area contributed by atoms with E-state index < -0.39 is 10.0 Å². The molecule has 0 radical (unpaired) electrons. The number of hydrogen-bond donors (Lipinski definition) is 1. The van der Waals surface area contributed by atoms with Gasteiger partial charge in [0.05, 0.1) is 4.90 Å². The zero-order valence-electron chi connectivity index (χ0n) is 12.6. The van der Waals surface area contributed by atoms with Crippen molar-refractivity contribution in [1.82, 2.24) is 0 Å². The fourth-order valence-corrected chi connectivity index (χ4v) is 3.11. The molecule has 21 heavy (non-hydrogen) atoms. The summed E-state index contributed by atoms with van der Waals surface area (Å²) in [6, 6.07) is 14.4. The molecule has 112 valence electrons. The molecular formula is C17H21NO2S. The first-order valence-electron chi connectivity index (χ1n) is 7.12. The van der Waals surface area contributed by atoms with Crippen molar-refractivity contribution >= 4 is 15.7 Å². The van der Waals surface area contributed by atoms with E-state index in [0.29, 0.717) is 11.6 Å². The van der Waals surface area contributed by atoms with Crippen LogP contribution in [-0.4, -0.2) is 8.42 Å². The molecule has 2 aromatic rings. The number of benzene rings is 2. The van der Waals surface area contributed by atoms with Crippen LogP contribution in [0.3, 0.4) is 0 Å². The molecule has 2 aromatic carbocycles. The van der Waals surface area contributed by atoms with E-state index in [-0.39, 0.29) is 4.90 Å². The number of sulfonamides is 1. The van der Waals surface area contributed by atoms with Crippen LogP contribution in [0.5, 0.6) is 0 Å². The molecule has 0 fully saturated rings. The lowest BCUT2D eigenvalue weighted by Crippen LogP contribution is -2.12. The Labute approximate surface area is 127 Å². The molecule has 0 aromatic heterocycles. The molecule has 0 amide bonds. The molecule has 2 rings (SSSR count). The summed E-state index contributed by atoms with van der Waals surface area (Å²) in [4.78, 5) is 0.277. The van der Waals surface area contributed by atoms with Crippen LogP contribution in [0.1, 0.15) is 37.3 Å². The van der Waals surface area contributed by atoms with Crippen LogP contribution in [-0.2, 0) is 10.0 Å². The Morgan fingerprint density at radius 1 is 1.00 bits per heavy atom. The molecule has 0 aliphatic carbocycles. The number of anilines is 1. The molecule has 1 unspecified atom stereocenters. The summed E-state index contributed by atoms with van der Waals surface area (Å²) in [5.41, 5.74) is 2.84. The van der Waals surface area contributed by atoms with Gasteiger partial charge in [-0.3, -0.25) is 4.72 Å². The number of nitrogens with one attached hydrogen (secondary N) is 1. The average Bonchev–Trinajstić information content (AvgIpc) is 2.47. The van der Waals surface area contributed by atoms with Crippen molar-refractivity contribution in [1.29, 1.82) is 0 Å². The van der Waals surface area contributed by atoms with Crippen LogP contribution in [0.2, 0.25) is 0 Å². The first kappa shape index (κ1) is 15.6. The highest BCUT2D eigenvalue weighted by molar-refractivity contribution is 7.92. The molecule has 3 nitrogen and oxygen atoms in total. The van der Waals surface area contributed by atoms with Crippen molar-refractivity contribution in [2.24, 2.45) is 0 Å². The highest BCUT2D eigenvalue weighted by Gasteiger charge is 2.13. The van der Waals surface area contributed by atoms with Gasteiger partial charge in [0.2, 0.25) is 0 Å². The van der Waals surface area contributed by atoms with E-state index in [1.54, 1.807) is 24.3 Å². The maximum absolute atomic E-state index is 12.3. The Balaban J connectivity index is 2.19. The molecule has 0 aliphatic heterocycles. The van der Waals surface area contributed by atoms with Crippen LogP contribution < -0.4 is 4.72 Å².